The number of nitrogens with zero attached hydrogens (tertiary/aromatic N) is 2. The summed E-state index contributed by atoms with van der Waals surface area (Å²) in [5.41, 5.74) is 0.865. The van der Waals surface area contributed by atoms with Crippen molar-refractivity contribution < 1.29 is 18.0 Å². The molecule has 0 bridgehead atoms. The molecule has 0 unspecified atom stereocenters. The molecule has 2 aromatic rings. The van der Waals surface area contributed by atoms with Crippen molar-refractivity contribution in [2.24, 2.45) is 0 Å². The number of aromatic nitrogens is 1. The molecule has 1 aromatic heterocycles. The summed E-state index contributed by atoms with van der Waals surface area (Å²) in [7, 11) is 0. The van der Waals surface area contributed by atoms with E-state index in [1.807, 2.05) is 19.1 Å². The summed E-state index contributed by atoms with van der Waals surface area (Å²) < 4.78 is 39.1. The first kappa shape index (κ1) is 19.0. The summed E-state index contributed by atoms with van der Waals surface area (Å²) in [5.74, 6) is -0.562. The molecule has 144 valence electrons. The monoisotopic (exact) mass is 379 g/mol. The molecular weight excluding hydrogens is 359 g/mol. The van der Waals surface area contributed by atoms with Crippen LogP contribution in [0.2, 0.25) is 0 Å². The second kappa shape index (κ2) is 7.46. The molecule has 1 N–H and O–H groups in total. The minimum atomic E-state index is -4.58. The van der Waals surface area contributed by atoms with Crippen LogP contribution in [-0.2, 0) is 17.5 Å². The molecule has 1 amide bonds. The number of amides is 1. The van der Waals surface area contributed by atoms with Gasteiger partial charge in [0.1, 0.15) is 6.54 Å². The van der Waals surface area contributed by atoms with E-state index in [1.165, 1.54) is 0 Å². The van der Waals surface area contributed by atoms with Crippen LogP contribution in [0.25, 0.3) is 0 Å². The van der Waals surface area contributed by atoms with Crippen LogP contribution >= 0.6 is 0 Å². The predicted octanol–water partition coefficient (Wildman–Crippen LogP) is 3.41. The average molecular weight is 379 g/mol. The molecule has 1 aliphatic heterocycles. The highest BCUT2D eigenvalue weighted by Crippen LogP contribution is 2.28. The third-order valence-electron chi connectivity index (χ3n) is 4.58. The van der Waals surface area contributed by atoms with Crippen LogP contribution in [0.15, 0.2) is 41.3 Å². The third kappa shape index (κ3) is 4.50. The maximum absolute atomic E-state index is 12.8. The van der Waals surface area contributed by atoms with Crippen LogP contribution in [-0.4, -0.2) is 23.6 Å². The van der Waals surface area contributed by atoms with Gasteiger partial charge >= 0.3 is 6.18 Å². The Labute approximate surface area is 154 Å². The molecule has 27 heavy (non-hydrogen) atoms. The Morgan fingerprint density at radius 2 is 1.85 bits per heavy atom. The summed E-state index contributed by atoms with van der Waals surface area (Å²) in [6, 6.07) is 7.17. The highest BCUT2D eigenvalue weighted by atomic mass is 19.4. The first-order valence-corrected chi connectivity index (χ1v) is 8.67. The van der Waals surface area contributed by atoms with Crippen molar-refractivity contribution in [2.75, 3.05) is 23.3 Å². The number of alkyl halides is 3. The highest BCUT2D eigenvalue weighted by molar-refractivity contribution is 5.91. The number of halogens is 3. The lowest BCUT2D eigenvalue weighted by atomic mass is 10.1. The van der Waals surface area contributed by atoms with Gasteiger partial charge in [-0.25, -0.2) is 0 Å². The Hall–Kier alpha value is -2.77. The van der Waals surface area contributed by atoms with Gasteiger partial charge in [-0.3, -0.25) is 9.59 Å². The van der Waals surface area contributed by atoms with Crippen molar-refractivity contribution in [3.63, 3.8) is 0 Å². The van der Waals surface area contributed by atoms with Gasteiger partial charge in [-0.2, -0.15) is 13.2 Å². The molecule has 0 atom stereocenters. The minimum absolute atomic E-state index is 0.490. The normalized spacial score (nSPS) is 14.4. The van der Waals surface area contributed by atoms with Crippen molar-refractivity contribution in [3.05, 3.63) is 58.0 Å². The molecule has 2 heterocycles. The Bertz CT molecular complexity index is 900. The second-order valence-electron chi connectivity index (χ2n) is 6.62. The third-order valence-corrected chi connectivity index (χ3v) is 4.58. The molecule has 1 saturated heterocycles. The molecule has 0 radical (unpaired) electrons. The predicted molar refractivity (Wildman–Crippen MR) is 97.0 cm³/mol. The fourth-order valence-corrected chi connectivity index (χ4v) is 3.13. The SMILES string of the molecule is Cc1cc(N2CCCC2)ccc1NC(=O)Cn1cc(C(F)(F)F)ccc1=O. The van der Waals surface area contributed by atoms with E-state index in [1.54, 1.807) is 6.07 Å². The maximum Gasteiger partial charge on any atom is 0.417 e. The minimum Gasteiger partial charge on any atom is -0.372 e. The molecule has 0 saturated carbocycles. The smallest absolute Gasteiger partial charge is 0.372 e. The van der Waals surface area contributed by atoms with Crippen LogP contribution in [0.3, 0.4) is 0 Å². The molecule has 1 fully saturated rings. The molecule has 5 nitrogen and oxygen atoms in total. The summed E-state index contributed by atoms with van der Waals surface area (Å²) in [6.07, 6.45) is -1.61. The van der Waals surface area contributed by atoms with Crippen molar-refractivity contribution in [1.29, 1.82) is 0 Å². The molecule has 1 aromatic carbocycles. The molecule has 8 heteroatoms. The molecule has 0 aliphatic carbocycles. The lowest BCUT2D eigenvalue weighted by Crippen LogP contribution is -2.28. The number of benzene rings is 1. The van der Waals surface area contributed by atoms with Crippen LogP contribution in [0.4, 0.5) is 24.5 Å². The van der Waals surface area contributed by atoms with Crippen molar-refractivity contribution >= 4 is 17.3 Å². The zero-order valence-electron chi connectivity index (χ0n) is 14.8. The number of aryl methyl sites for hydroxylation is 1. The average Bonchev–Trinajstić information content (AvgIpc) is 3.12. The maximum atomic E-state index is 12.8. The van der Waals surface area contributed by atoms with Crippen molar-refractivity contribution in [3.8, 4) is 0 Å². The number of hydrogen-bond donors (Lipinski definition) is 1. The lowest BCUT2D eigenvalue weighted by molar-refractivity contribution is -0.138. The van der Waals surface area contributed by atoms with Gasteiger partial charge in [0.15, 0.2) is 0 Å². The van der Waals surface area contributed by atoms with Crippen molar-refractivity contribution in [1.82, 2.24) is 4.57 Å². The van der Waals surface area contributed by atoms with Gasteiger partial charge in [0.05, 0.1) is 5.56 Å². The standard InChI is InChI=1S/C19H20F3N3O2/c1-13-10-15(24-8-2-3-9-24)5-6-16(13)23-17(26)12-25-11-14(19(20,21)22)4-7-18(25)27/h4-7,10-11H,2-3,8-9,12H2,1H3,(H,23,26). The zero-order chi connectivity index (χ0) is 19.6. The van der Waals surface area contributed by atoms with Gasteiger partial charge in [-0.05, 0) is 49.6 Å². The van der Waals surface area contributed by atoms with Crippen LogP contribution in [0.1, 0.15) is 24.0 Å². The van der Waals surface area contributed by atoms with E-state index in [-0.39, 0.29) is 0 Å². The van der Waals surface area contributed by atoms with E-state index in [0.717, 1.165) is 47.8 Å². The van der Waals surface area contributed by atoms with Gasteiger partial charge in [0.2, 0.25) is 5.91 Å². The molecule has 0 spiro atoms. The number of hydrogen-bond acceptors (Lipinski definition) is 3. The van der Waals surface area contributed by atoms with E-state index in [4.69, 9.17) is 0 Å². The first-order valence-electron chi connectivity index (χ1n) is 8.67. The Morgan fingerprint density at radius 1 is 1.15 bits per heavy atom. The zero-order valence-corrected chi connectivity index (χ0v) is 14.8. The quantitative estimate of drug-likeness (QED) is 0.886. The lowest BCUT2D eigenvalue weighted by Gasteiger charge is -2.19. The van der Waals surface area contributed by atoms with Gasteiger partial charge < -0.3 is 14.8 Å². The fourth-order valence-electron chi connectivity index (χ4n) is 3.13. The van der Waals surface area contributed by atoms with Gasteiger partial charge in [0, 0.05) is 36.7 Å². The topological polar surface area (TPSA) is 54.3 Å². The number of carbonyl (C=O) groups is 1. The number of nitrogens with one attached hydrogen (secondary N) is 1. The highest BCUT2D eigenvalue weighted by Gasteiger charge is 2.31. The van der Waals surface area contributed by atoms with Crippen LogP contribution in [0, 0.1) is 6.92 Å². The number of pyridine rings is 1. The molecule has 1 aliphatic rings. The summed E-state index contributed by atoms with van der Waals surface area (Å²) in [6.45, 7) is 3.37. The Balaban J connectivity index is 1.72. The largest absolute Gasteiger partial charge is 0.417 e. The first-order chi connectivity index (χ1) is 12.7. The number of carbonyl (C=O) groups excluding carboxylic acids is 1. The van der Waals surface area contributed by atoms with Gasteiger partial charge in [-0.15, -0.1) is 0 Å². The fraction of sp³-hybridized carbons (Fsp3) is 0.368. The Kier molecular flexibility index (Phi) is 5.25. The van der Waals surface area contributed by atoms with E-state index >= 15 is 0 Å². The van der Waals surface area contributed by atoms with E-state index < -0.39 is 29.8 Å². The van der Waals surface area contributed by atoms with Crippen LogP contribution in [0.5, 0.6) is 0 Å². The number of rotatable bonds is 4. The summed E-state index contributed by atoms with van der Waals surface area (Å²) >= 11 is 0. The molecular formula is C19H20F3N3O2. The van der Waals surface area contributed by atoms with Gasteiger partial charge in [-0.1, -0.05) is 0 Å². The molecule has 3 rings (SSSR count). The van der Waals surface area contributed by atoms with E-state index in [2.05, 4.69) is 10.2 Å². The second-order valence-corrected chi connectivity index (χ2v) is 6.62. The summed E-state index contributed by atoms with van der Waals surface area (Å²) in [5, 5.41) is 2.66. The van der Waals surface area contributed by atoms with Crippen molar-refractivity contribution in [2.45, 2.75) is 32.5 Å². The number of anilines is 2. The van der Waals surface area contributed by atoms with Gasteiger partial charge in [0.25, 0.3) is 5.56 Å². The van der Waals surface area contributed by atoms with Crippen LogP contribution < -0.4 is 15.8 Å². The van der Waals surface area contributed by atoms with E-state index in [0.29, 0.717) is 18.0 Å². The van der Waals surface area contributed by atoms with E-state index in [9.17, 15) is 22.8 Å². The Morgan fingerprint density at radius 3 is 2.48 bits per heavy atom. The summed E-state index contributed by atoms with van der Waals surface area (Å²) in [4.78, 5) is 26.2.